The number of pyridine rings is 1. The highest BCUT2D eigenvalue weighted by Gasteiger charge is 2.10. The Balaban J connectivity index is 2.02. The summed E-state index contributed by atoms with van der Waals surface area (Å²) in [5, 5.41) is 7.05. The van der Waals surface area contributed by atoms with E-state index in [-0.39, 0.29) is 0 Å². The SMILES string of the molecule is Cc1nccc(Cn2c(-c3ccccn3)n[nH]c2=S)n1. The minimum atomic E-state index is 0.532. The summed E-state index contributed by atoms with van der Waals surface area (Å²) in [6, 6.07) is 7.54. The number of hydrogen-bond acceptors (Lipinski definition) is 5. The highest BCUT2D eigenvalue weighted by molar-refractivity contribution is 7.71. The summed E-state index contributed by atoms with van der Waals surface area (Å²) in [4.78, 5) is 12.8. The van der Waals surface area contributed by atoms with Gasteiger partial charge in [-0.2, -0.15) is 5.10 Å². The summed E-state index contributed by atoms with van der Waals surface area (Å²) in [5.74, 6) is 1.43. The average Bonchev–Trinajstić information content (AvgIpc) is 2.81. The van der Waals surface area contributed by atoms with Gasteiger partial charge in [-0.3, -0.25) is 14.6 Å². The van der Waals surface area contributed by atoms with Crippen LogP contribution in [0.3, 0.4) is 0 Å². The van der Waals surface area contributed by atoms with Crippen LogP contribution >= 0.6 is 12.2 Å². The average molecular weight is 284 g/mol. The van der Waals surface area contributed by atoms with Crippen molar-refractivity contribution in [3.8, 4) is 11.5 Å². The molecule has 3 rings (SSSR count). The zero-order chi connectivity index (χ0) is 13.9. The topological polar surface area (TPSA) is 72.3 Å². The maximum atomic E-state index is 5.28. The molecule has 1 N–H and O–H groups in total. The zero-order valence-electron chi connectivity index (χ0n) is 10.8. The maximum absolute atomic E-state index is 5.28. The molecule has 0 aliphatic rings. The molecule has 0 bridgehead atoms. The van der Waals surface area contributed by atoms with Crippen molar-refractivity contribution in [3.63, 3.8) is 0 Å². The fraction of sp³-hybridized carbons (Fsp3) is 0.154. The minimum absolute atomic E-state index is 0.532. The van der Waals surface area contributed by atoms with Gasteiger partial charge in [0.1, 0.15) is 11.5 Å². The van der Waals surface area contributed by atoms with E-state index in [0.717, 1.165) is 17.2 Å². The largest absolute Gasteiger partial charge is 0.293 e. The number of aromatic amines is 1. The molecule has 0 spiro atoms. The van der Waals surface area contributed by atoms with Gasteiger partial charge in [0.15, 0.2) is 10.6 Å². The maximum Gasteiger partial charge on any atom is 0.195 e. The molecule has 0 aromatic carbocycles. The van der Waals surface area contributed by atoms with Crippen LogP contribution in [0.5, 0.6) is 0 Å². The molecule has 0 aliphatic carbocycles. The second-order valence-electron chi connectivity index (χ2n) is 4.25. The Hall–Kier alpha value is -2.41. The van der Waals surface area contributed by atoms with Crippen LogP contribution in [0.1, 0.15) is 11.5 Å². The number of rotatable bonds is 3. The molecule has 0 unspecified atom stereocenters. The highest BCUT2D eigenvalue weighted by atomic mass is 32.1. The van der Waals surface area contributed by atoms with E-state index in [1.807, 2.05) is 35.8 Å². The third-order valence-electron chi connectivity index (χ3n) is 2.81. The van der Waals surface area contributed by atoms with E-state index in [0.29, 0.717) is 17.1 Å². The lowest BCUT2D eigenvalue weighted by Crippen LogP contribution is -2.06. The Kier molecular flexibility index (Phi) is 3.34. The summed E-state index contributed by atoms with van der Waals surface area (Å²) in [7, 11) is 0. The molecule has 3 heterocycles. The summed E-state index contributed by atoms with van der Waals surface area (Å²) in [6.07, 6.45) is 3.47. The number of nitrogens with one attached hydrogen (secondary N) is 1. The van der Waals surface area contributed by atoms with Crippen molar-refractivity contribution >= 4 is 12.2 Å². The molecule has 7 heteroatoms. The van der Waals surface area contributed by atoms with Gasteiger partial charge in [-0.05, 0) is 37.3 Å². The fourth-order valence-corrected chi connectivity index (χ4v) is 2.11. The molecule has 100 valence electrons. The molecule has 6 nitrogen and oxygen atoms in total. The third-order valence-corrected chi connectivity index (χ3v) is 3.12. The molecule has 0 saturated heterocycles. The monoisotopic (exact) mass is 284 g/mol. The van der Waals surface area contributed by atoms with E-state index in [4.69, 9.17) is 12.2 Å². The molecular weight excluding hydrogens is 272 g/mol. The Bertz CT molecular complexity index is 777. The van der Waals surface area contributed by atoms with E-state index in [2.05, 4.69) is 25.1 Å². The Morgan fingerprint density at radius 3 is 2.85 bits per heavy atom. The van der Waals surface area contributed by atoms with Crippen LogP contribution in [0, 0.1) is 11.7 Å². The fourth-order valence-electron chi connectivity index (χ4n) is 1.91. The Morgan fingerprint density at radius 1 is 1.20 bits per heavy atom. The molecule has 3 aromatic rings. The lowest BCUT2D eigenvalue weighted by atomic mass is 10.3. The van der Waals surface area contributed by atoms with Gasteiger partial charge >= 0.3 is 0 Å². The quantitative estimate of drug-likeness (QED) is 0.746. The van der Waals surface area contributed by atoms with Crippen LogP contribution in [0.25, 0.3) is 11.5 Å². The van der Waals surface area contributed by atoms with Gasteiger partial charge in [0.25, 0.3) is 0 Å². The Morgan fingerprint density at radius 2 is 2.10 bits per heavy atom. The molecule has 3 aromatic heterocycles. The van der Waals surface area contributed by atoms with E-state index in [1.54, 1.807) is 12.4 Å². The second-order valence-corrected chi connectivity index (χ2v) is 4.64. The highest BCUT2D eigenvalue weighted by Crippen LogP contribution is 2.15. The van der Waals surface area contributed by atoms with E-state index < -0.39 is 0 Å². The van der Waals surface area contributed by atoms with Crippen molar-refractivity contribution in [2.45, 2.75) is 13.5 Å². The van der Waals surface area contributed by atoms with Gasteiger partial charge in [0.05, 0.1) is 12.2 Å². The van der Waals surface area contributed by atoms with Crippen LogP contribution in [0.2, 0.25) is 0 Å². The number of aromatic nitrogens is 6. The first kappa shape index (κ1) is 12.6. The van der Waals surface area contributed by atoms with Gasteiger partial charge in [0.2, 0.25) is 0 Å². The van der Waals surface area contributed by atoms with Crippen LogP contribution in [0.15, 0.2) is 36.7 Å². The lowest BCUT2D eigenvalue weighted by Gasteiger charge is -2.06. The van der Waals surface area contributed by atoms with Crippen LogP contribution in [0.4, 0.5) is 0 Å². The van der Waals surface area contributed by atoms with Crippen LogP contribution < -0.4 is 0 Å². The van der Waals surface area contributed by atoms with E-state index in [1.165, 1.54) is 0 Å². The summed E-state index contributed by atoms with van der Waals surface area (Å²) in [5.41, 5.74) is 1.65. The number of H-pyrrole nitrogens is 1. The first-order valence-corrected chi connectivity index (χ1v) is 6.50. The molecule has 0 fully saturated rings. The molecular formula is C13H12N6S. The molecule has 0 aliphatic heterocycles. The number of aryl methyl sites for hydroxylation is 1. The van der Waals surface area contributed by atoms with Crippen molar-refractivity contribution < 1.29 is 0 Å². The lowest BCUT2D eigenvalue weighted by molar-refractivity contribution is 0.755. The molecule has 20 heavy (non-hydrogen) atoms. The standard InChI is InChI=1S/C13H12N6S/c1-9-14-7-5-10(16-9)8-19-12(17-18-13(19)20)11-4-2-3-6-15-11/h2-7H,8H2,1H3,(H,18,20). The van der Waals surface area contributed by atoms with Gasteiger partial charge < -0.3 is 0 Å². The van der Waals surface area contributed by atoms with Crippen molar-refractivity contribution in [3.05, 3.63) is 52.9 Å². The van der Waals surface area contributed by atoms with Crippen molar-refractivity contribution in [1.29, 1.82) is 0 Å². The second kappa shape index (κ2) is 5.30. The first-order chi connectivity index (χ1) is 9.74. The minimum Gasteiger partial charge on any atom is -0.293 e. The van der Waals surface area contributed by atoms with Gasteiger partial charge in [-0.1, -0.05) is 6.07 Å². The van der Waals surface area contributed by atoms with Crippen molar-refractivity contribution in [2.75, 3.05) is 0 Å². The summed E-state index contributed by atoms with van der Waals surface area (Å²) < 4.78 is 2.42. The number of hydrogen-bond donors (Lipinski definition) is 1. The predicted molar refractivity (Wildman–Crippen MR) is 76.5 cm³/mol. The third kappa shape index (κ3) is 2.48. The van der Waals surface area contributed by atoms with Crippen molar-refractivity contribution in [1.82, 2.24) is 29.7 Å². The predicted octanol–water partition coefficient (Wildman–Crippen LogP) is 2.15. The summed E-state index contributed by atoms with van der Waals surface area (Å²) in [6.45, 7) is 2.39. The van der Waals surface area contributed by atoms with Gasteiger partial charge in [0, 0.05) is 12.4 Å². The zero-order valence-corrected chi connectivity index (χ0v) is 11.6. The summed E-state index contributed by atoms with van der Waals surface area (Å²) >= 11 is 5.28. The van der Waals surface area contributed by atoms with Crippen LogP contribution in [-0.4, -0.2) is 29.7 Å². The van der Waals surface area contributed by atoms with Gasteiger partial charge in [-0.25, -0.2) is 9.97 Å². The van der Waals surface area contributed by atoms with E-state index in [9.17, 15) is 0 Å². The normalized spacial score (nSPS) is 10.7. The van der Waals surface area contributed by atoms with Gasteiger partial charge in [-0.15, -0.1) is 0 Å². The van der Waals surface area contributed by atoms with E-state index >= 15 is 0 Å². The molecule has 0 amide bonds. The van der Waals surface area contributed by atoms with Crippen LogP contribution in [-0.2, 0) is 6.54 Å². The molecule has 0 radical (unpaired) electrons. The Labute approximate surface area is 120 Å². The number of nitrogens with zero attached hydrogens (tertiary/aromatic N) is 5. The smallest absolute Gasteiger partial charge is 0.195 e. The van der Waals surface area contributed by atoms with Crippen molar-refractivity contribution in [2.24, 2.45) is 0 Å². The molecule has 0 atom stereocenters. The first-order valence-electron chi connectivity index (χ1n) is 6.09. The molecule has 0 saturated carbocycles.